The van der Waals surface area contributed by atoms with Crippen LogP contribution in [0, 0.1) is 12.3 Å². The third kappa shape index (κ3) is 4.12. The molecule has 5 rings (SSSR count). The number of aryl methyl sites for hydroxylation is 1. The number of benzene rings is 1. The molecule has 0 bridgehead atoms. The Morgan fingerprint density at radius 2 is 2.16 bits per heavy atom. The lowest BCUT2D eigenvalue weighted by molar-refractivity contribution is -0.164. The van der Waals surface area contributed by atoms with Crippen LogP contribution >= 0.6 is 23.3 Å². The van der Waals surface area contributed by atoms with Gasteiger partial charge in [-0.05, 0) is 36.6 Å². The van der Waals surface area contributed by atoms with Crippen molar-refractivity contribution >= 4 is 39.8 Å². The molecule has 0 radical (unpaired) electrons. The Bertz CT molecular complexity index is 1080. The predicted molar refractivity (Wildman–Crippen MR) is 128 cm³/mol. The van der Waals surface area contributed by atoms with Gasteiger partial charge in [0.25, 0.3) is 0 Å². The van der Waals surface area contributed by atoms with Crippen molar-refractivity contribution in [3.8, 4) is 11.3 Å². The third-order valence-corrected chi connectivity index (χ3v) is 7.57. The highest BCUT2D eigenvalue weighted by Gasteiger charge is 2.49. The minimum Gasteiger partial charge on any atom is -0.397 e. The number of aromatic nitrogens is 3. The fourth-order valence-electron chi connectivity index (χ4n) is 4.05. The molecule has 0 unspecified atom stereocenters. The second-order valence-electron chi connectivity index (χ2n) is 8.43. The Kier molecular flexibility index (Phi) is 5.86. The standard InChI is InChI=1S/C21H27N7O2S2/c1-14-5-16(32-27-10-21(11-27)12-30-13-21)6-17(22)19(14)28(23)20-25-18(9-31-20)15-7-24-26(8-15)3-4-29-2/h5-9H,3-4,10-13,22-23H2,1-2H3. The van der Waals surface area contributed by atoms with Crippen LogP contribution in [0.1, 0.15) is 5.56 Å². The lowest BCUT2D eigenvalue weighted by atomic mass is 9.80. The Labute approximate surface area is 195 Å². The maximum Gasteiger partial charge on any atom is 0.205 e. The number of methoxy groups -OCH3 is 1. The minimum atomic E-state index is 0.393. The molecule has 2 aliphatic heterocycles. The van der Waals surface area contributed by atoms with Crippen LogP contribution in [0.2, 0.25) is 0 Å². The first-order valence-corrected chi connectivity index (χ1v) is 12.0. The first-order valence-electron chi connectivity index (χ1n) is 10.4. The summed E-state index contributed by atoms with van der Waals surface area (Å²) in [6.07, 6.45) is 3.76. The molecule has 2 aromatic heterocycles. The normalized spacial score (nSPS) is 17.3. The SMILES string of the molecule is COCCn1cc(-c2csc(N(N)c3c(C)cc(SN4CC5(COC5)C4)cc3N)n2)cn1. The number of nitrogens with two attached hydrogens (primary N) is 2. The van der Waals surface area contributed by atoms with Crippen LogP contribution in [0.4, 0.5) is 16.5 Å². The van der Waals surface area contributed by atoms with Gasteiger partial charge in [0.15, 0.2) is 0 Å². The molecule has 0 aliphatic carbocycles. The van der Waals surface area contributed by atoms with Crippen molar-refractivity contribution < 1.29 is 9.47 Å². The first-order chi connectivity index (χ1) is 15.5. The van der Waals surface area contributed by atoms with E-state index in [0.29, 0.717) is 29.4 Å². The van der Waals surface area contributed by atoms with E-state index in [4.69, 9.17) is 26.0 Å². The Morgan fingerprint density at radius 1 is 1.34 bits per heavy atom. The molecule has 170 valence electrons. The highest BCUT2D eigenvalue weighted by atomic mass is 32.2. The molecule has 2 fully saturated rings. The van der Waals surface area contributed by atoms with Crippen molar-refractivity contribution in [3.05, 3.63) is 35.5 Å². The maximum absolute atomic E-state index is 6.46. The summed E-state index contributed by atoms with van der Waals surface area (Å²) in [7, 11) is 1.68. The molecule has 2 saturated heterocycles. The number of hydrogen-bond acceptors (Lipinski definition) is 10. The number of thiazole rings is 1. The third-order valence-electron chi connectivity index (χ3n) is 5.77. The zero-order chi connectivity index (χ0) is 22.3. The van der Waals surface area contributed by atoms with E-state index in [-0.39, 0.29) is 0 Å². The summed E-state index contributed by atoms with van der Waals surface area (Å²) in [6.45, 7) is 7.23. The van der Waals surface area contributed by atoms with Gasteiger partial charge in [0.2, 0.25) is 5.13 Å². The summed E-state index contributed by atoms with van der Waals surface area (Å²) in [4.78, 5) is 5.83. The van der Waals surface area contributed by atoms with E-state index in [1.807, 2.05) is 29.2 Å². The molecule has 0 amide bonds. The summed E-state index contributed by atoms with van der Waals surface area (Å²) >= 11 is 3.22. The van der Waals surface area contributed by atoms with E-state index in [2.05, 4.69) is 15.5 Å². The van der Waals surface area contributed by atoms with Gasteiger partial charge in [-0.15, -0.1) is 11.3 Å². The molecule has 0 saturated carbocycles. The number of hydrogen-bond donors (Lipinski definition) is 2. The largest absolute Gasteiger partial charge is 0.397 e. The van der Waals surface area contributed by atoms with E-state index >= 15 is 0 Å². The fourth-order valence-corrected chi connectivity index (χ4v) is 6.20. The molecule has 32 heavy (non-hydrogen) atoms. The molecule has 4 heterocycles. The average molecular weight is 474 g/mol. The van der Waals surface area contributed by atoms with Gasteiger partial charge in [-0.2, -0.15) is 5.10 Å². The highest BCUT2D eigenvalue weighted by Crippen LogP contribution is 2.44. The monoisotopic (exact) mass is 473 g/mol. The minimum absolute atomic E-state index is 0.393. The zero-order valence-corrected chi connectivity index (χ0v) is 19.8. The number of hydrazine groups is 1. The number of rotatable bonds is 8. The summed E-state index contributed by atoms with van der Waals surface area (Å²) in [6, 6.07) is 4.12. The molecule has 3 aromatic rings. The highest BCUT2D eigenvalue weighted by molar-refractivity contribution is 7.97. The van der Waals surface area contributed by atoms with Crippen molar-refractivity contribution in [2.75, 3.05) is 50.8 Å². The fraction of sp³-hybridized carbons (Fsp3) is 0.429. The Balaban J connectivity index is 1.29. The van der Waals surface area contributed by atoms with Crippen LogP contribution < -0.4 is 16.6 Å². The van der Waals surface area contributed by atoms with Gasteiger partial charge < -0.3 is 15.2 Å². The van der Waals surface area contributed by atoms with Crippen LogP contribution in [-0.4, -0.2) is 59.1 Å². The number of ether oxygens (including phenoxy) is 2. The summed E-state index contributed by atoms with van der Waals surface area (Å²) in [5.74, 6) is 6.46. The summed E-state index contributed by atoms with van der Waals surface area (Å²) in [5, 5.41) is 8.59. The molecule has 9 nitrogen and oxygen atoms in total. The van der Waals surface area contributed by atoms with Crippen LogP contribution in [0.5, 0.6) is 0 Å². The quantitative estimate of drug-likeness (QED) is 0.221. The molecule has 4 N–H and O–H groups in total. The van der Waals surface area contributed by atoms with Crippen molar-refractivity contribution in [2.24, 2.45) is 11.3 Å². The summed E-state index contributed by atoms with van der Waals surface area (Å²) < 4.78 is 14.7. The van der Waals surface area contributed by atoms with E-state index in [9.17, 15) is 0 Å². The molecule has 2 aliphatic rings. The lowest BCUT2D eigenvalue weighted by Gasteiger charge is -2.54. The van der Waals surface area contributed by atoms with Crippen LogP contribution in [0.3, 0.4) is 0 Å². The lowest BCUT2D eigenvalue weighted by Crippen LogP contribution is -2.63. The van der Waals surface area contributed by atoms with E-state index in [1.165, 1.54) is 11.3 Å². The van der Waals surface area contributed by atoms with Crippen molar-refractivity contribution in [2.45, 2.75) is 18.4 Å². The zero-order valence-electron chi connectivity index (χ0n) is 18.2. The van der Waals surface area contributed by atoms with E-state index in [0.717, 1.165) is 53.7 Å². The topological polar surface area (TPSA) is 108 Å². The van der Waals surface area contributed by atoms with Crippen LogP contribution in [0.25, 0.3) is 11.3 Å². The second-order valence-corrected chi connectivity index (χ2v) is 10.4. The van der Waals surface area contributed by atoms with E-state index < -0.39 is 0 Å². The first kappa shape index (κ1) is 21.7. The predicted octanol–water partition coefficient (Wildman–Crippen LogP) is 2.89. The number of nitrogen functional groups attached to an aromatic ring is 1. The van der Waals surface area contributed by atoms with Crippen molar-refractivity contribution in [3.63, 3.8) is 0 Å². The summed E-state index contributed by atoms with van der Waals surface area (Å²) in [5.41, 5.74) is 11.0. The van der Waals surface area contributed by atoms with Crippen LogP contribution in [0.15, 0.2) is 34.8 Å². The van der Waals surface area contributed by atoms with Gasteiger partial charge in [-0.3, -0.25) is 9.69 Å². The van der Waals surface area contributed by atoms with Crippen molar-refractivity contribution in [1.82, 2.24) is 19.1 Å². The maximum atomic E-state index is 6.46. The number of anilines is 3. The van der Waals surface area contributed by atoms with Gasteiger partial charge in [-0.1, -0.05) is 0 Å². The average Bonchev–Trinajstić information content (AvgIpc) is 3.36. The molecule has 1 spiro atoms. The van der Waals surface area contributed by atoms with Crippen LogP contribution in [-0.2, 0) is 16.0 Å². The van der Waals surface area contributed by atoms with Gasteiger partial charge in [-0.25, -0.2) is 15.1 Å². The van der Waals surface area contributed by atoms with Gasteiger partial charge in [0.1, 0.15) is 0 Å². The van der Waals surface area contributed by atoms with E-state index in [1.54, 1.807) is 30.3 Å². The van der Waals surface area contributed by atoms with Gasteiger partial charge >= 0.3 is 0 Å². The van der Waals surface area contributed by atoms with Gasteiger partial charge in [0.05, 0.1) is 49.6 Å². The molecule has 11 heteroatoms. The van der Waals surface area contributed by atoms with Gasteiger partial charge in [0, 0.05) is 47.7 Å². The molecular formula is C21H27N7O2S2. The van der Waals surface area contributed by atoms with Crippen molar-refractivity contribution in [1.29, 1.82) is 0 Å². The molecular weight excluding hydrogens is 446 g/mol. The molecule has 0 atom stereocenters. The Morgan fingerprint density at radius 3 is 2.84 bits per heavy atom. The molecule has 1 aromatic carbocycles. The second kappa shape index (κ2) is 8.65. The smallest absolute Gasteiger partial charge is 0.205 e. The Hall–Kier alpha value is -2.15. The number of nitrogens with zero attached hydrogens (tertiary/aromatic N) is 5.